The Labute approximate surface area is 131 Å². The van der Waals surface area contributed by atoms with Crippen LogP contribution in [-0.4, -0.2) is 31.4 Å². The van der Waals surface area contributed by atoms with Crippen molar-refractivity contribution in [2.24, 2.45) is 5.41 Å². The second-order valence-electron chi connectivity index (χ2n) is 6.31. The van der Waals surface area contributed by atoms with Crippen LogP contribution in [0, 0.1) is 5.41 Å². The Hall–Kier alpha value is -1.69. The Balaban J connectivity index is 2.21. The number of benzene rings is 1. The van der Waals surface area contributed by atoms with Crippen LogP contribution in [0.1, 0.15) is 38.7 Å². The maximum absolute atomic E-state index is 12.3. The Bertz CT molecular complexity index is 691. The lowest BCUT2D eigenvalue weighted by atomic mass is 9.77. The van der Waals surface area contributed by atoms with E-state index in [1.165, 1.54) is 17.0 Å². The van der Waals surface area contributed by atoms with Gasteiger partial charge in [0.15, 0.2) is 9.84 Å². The third-order valence-corrected chi connectivity index (χ3v) is 5.39. The number of rotatable bonds is 4. The number of hydrogen-bond acceptors (Lipinski definition) is 4. The van der Waals surface area contributed by atoms with Gasteiger partial charge in [-0.05, 0) is 29.5 Å². The summed E-state index contributed by atoms with van der Waals surface area (Å²) < 4.78 is 23.2. The first-order valence-electron chi connectivity index (χ1n) is 7.27. The lowest BCUT2D eigenvalue weighted by Crippen LogP contribution is -2.46. The normalized spacial score (nSPS) is 18.6. The van der Waals surface area contributed by atoms with E-state index >= 15 is 0 Å². The van der Waals surface area contributed by atoms with Crippen LogP contribution in [0.2, 0.25) is 0 Å². The average molecular weight is 323 g/mol. The van der Waals surface area contributed by atoms with Gasteiger partial charge in [-0.2, -0.15) is 0 Å². The number of carbonyl (C=O) groups is 2. The van der Waals surface area contributed by atoms with E-state index in [9.17, 15) is 18.0 Å². The summed E-state index contributed by atoms with van der Waals surface area (Å²) in [4.78, 5) is 25.9. The highest BCUT2D eigenvalue weighted by Gasteiger charge is 2.39. The summed E-state index contributed by atoms with van der Waals surface area (Å²) in [5, 5.41) is 0. The summed E-state index contributed by atoms with van der Waals surface area (Å²) in [6.07, 6.45) is 2.61. The third kappa shape index (κ3) is 3.55. The van der Waals surface area contributed by atoms with Gasteiger partial charge < -0.3 is 0 Å². The van der Waals surface area contributed by atoms with Gasteiger partial charge in [0.2, 0.25) is 11.8 Å². The second kappa shape index (κ2) is 5.83. The molecule has 0 aromatic heterocycles. The number of nitrogens with zero attached hydrogens (tertiary/aromatic N) is 1. The molecule has 120 valence electrons. The van der Waals surface area contributed by atoms with Gasteiger partial charge in [-0.25, -0.2) is 8.42 Å². The minimum absolute atomic E-state index is 0.126. The molecule has 1 aliphatic heterocycles. The minimum Gasteiger partial charge on any atom is -0.278 e. The van der Waals surface area contributed by atoms with Crippen LogP contribution >= 0.6 is 0 Å². The minimum atomic E-state index is -3.30. The zero-order valence-corrected chi connectivity index (χ0v) is 13.9. The summed E-state index contributed by atoms with van der Waals surface area (Å²) in [5.41, 5.74) is 0.379. The molecule has 1 heterocycles. The quantitative estimate of drug-likeness (QED) is 0.796. The standard InChI is InChI=1S/C16H21NO4S/c1-4-16(2)9-14(18)17(15(19)10-16)11-12-6-5-7-13(8-12)22(3,20)21/h5-8H,4,9-11H2,1-3H3. The van der Waals surface area contributed by atoms with Gasteiger partial charge in [-0.1, -0.05) is 26.0 Å². The highest BCUT2D eigenvalue weighted by molar-refractivity contribution is 7.90. The maximum atomic E-state index is 12.3. The van der Waals surface area contributed by atoms with Crippen molar-refractivity contribution < 1.29 is 18.0 Å². The van der Waals surface area contributed by atoms with Crippen molar-refractivity contribution in [1.82, 2.24) is 4.90 Å². The van der Waals surface area contributed by atoms with Crippen molar-refractivity contribution in [3.8, 4) is 0 Å². The number of amides is 2. The number of imide groups is 1. The molecule has 2 rings (SSSR count). The summed E-state index contributed by atoms with van der Waals surface area (Å²) in [5.74, 6) is -0.379. The first-order chi connectivity index (χ1) is 10.1. The average Bonchev–Trinajstić information content (AvgIpc) is 2.42. The number of hydrogen-bond donors (Lipinski definition) is 0. The molecule has 0 bridgehead atoms. The highest BCUT2D eigenvalue weighted by atomic mass is 32.2. The molecule has 0 radical (unpaired) electrons. The van der Waals surface area contributed by atoms with Crippen molar-refractivity contribution in [2.45, 2.75) is 44.6 Å². The molecule has 0 spiro atoms. The zero-order chi connectivity index (χ0) is 16.5. The molecular formula is C16H21NO4S. The lowest BCUT2D eigenvalue weighted by molar-refractivity contribution is -0.153. The Morgan fingerprint density at radius 2 is 1.77 bits per heavy atom. The molecule has 1 fully saturated rings. The lowest BCUT2D eigenvalue weighted by Gasteiger charge is -2.36. The van der Waals surface area contributed by atoms with E-state index in [2.05, 4.69) is 0 Å². The van der Waals surface area contributed by atoms with Crippen LogP contribution in [0.5, 0.6) is 0 Å². The zero-order valence-electron chi connectivity index (χ0n) is 13.1. The van der Waals surface area contributed by atoms with E-state index in [0.29, 0.717) is 18.4 Å². The van der Waals surface area contributed by atoms with E-state index in [-0.39, 0.29) is 28.7 Å². The van der Waals surface area contributed by atoms with Crippen LogP contribution < -0.4 is 0 Å². The van der Waals surface area contributed by atoms with Crippen molar-refractivity contribution in [2.75, 3.05) is 6.26 Å². The van der Waals surface area contributed by atoms with Crippen molar-refractivity contribution in [1.29, 1.82) is 0 Å². The molecule has 2 amide bonds. The van der Waals surface area contributed by atoms with E-state index in [0.717, 1.165) is 12.7 Å². The Kier molecular flexibility index (Phi) is 4.42. The van der Waals surface area contributed by atoms with Crippen molar-refractivity contribution in [3.05, 3.63) is 29.8 Å². The van der Waals surface area contributed by atoms with Gasteiger partial charge >= 0.3 is 0 Å². The molecule has 1 saturated heterocycles. The summed E-state index contributed by atoms with van der Waals surface area (Å²) in [6.45, 7) is 4.05. The molecule has 0 aliphatic carbocycles. The smallest absolute Gasteiger partial charge is 0.230 e. The molecule has 0 unspecified atom stereocenters. The van der Waals surface area contributed by atoms with E-state index in [4.69, 9.17) is 0 Å². The molecule has 1 aromatic carbocycles. The topological polar surface area (TPSA) is 71.5 Å². The Morgan fingerprint density at radius 1 is 1.18 bits per heavy atom. The summed E-state index contributed by atoms with van der Waals surface area (Å²) in [7, 11) is -3.30. The second-order valence-corrected chi connectivity index (χ2v) is 8.33. The number of likely N-dealkylation sites (tertiary alicyclic amines) is 1. The van der Waals surface area contributed by atoms with Crippen molar-refractivity contribution in [3.63, 3.8) is 0 Å². The fourth-order valence-electron chi connectivity index (χ4n) is 2.61. The van der Waals surface area contributed by atoms with Gasteiger partial charge in [0.1, 0.15) is 0 Å². The fourth-order valence-corrected chi connectivity index (χ4v) is 3.30. The van der Waals surface area contributed by atoms with Crippen LogP contribution in [0.3, 0.4) is 0 Å². The SMILES string of the molecule is CCC1(C)CC(=O)N(Cc2cccc(S(C)(=O)=O)c2)C(=O)C1. The van der Waals surface area contributed by atoms with Crippen LogP contribution in [0.15, 0.2) is 29.2 Å². The fraction of sp³-hybridized carbons (Fsp3) is 0.500. The molecule has 5 nitrogen and oxygen atoms in total. The predicted molar refractivity (Wildman–Crippen MR) is 82.7 cm³/mol. The molecule has 0 saturated carbocycles. The Morgan fingerprint density at radius 3 is 2.27 bits per heavy atom. The molecular weight excluding hydrogens is 302 g/mol. The molecule has 0 N–H and O–H groups in total. The third-order valence-electron chi connectivity index (χ3n) is 4.28. The largest absolute Gasteiger partial charge is 0.278 e. The number of piperidine rings is 1. The molecule has 0 atom stereocenters. The molecule has 1 aromatic rings. The summed E-state index contributed by atoms with van der Waals surface area (Å²) in [6, 6.07) is 6.37. The first-order valence-corrected chi connectivity index (χ1v) is 9.16. The van der Waals surface area contributed by atoms with Gasteiger partial charge in [-0.3, -0.25) is 14.5 Å². The maximum Gasteiger partial charge on any atom is 0.230 e. The van der Waals surface area contributed by atoms with Crippen LogP contribution in [0.4, 0.5) is 0 Å². The molecule has 6 heteroatoms. The highest BCUT2D eigenvalue weighted by Crippen LogP contribution is 2.35. The van der Waals surface area contributed by atoms with Gasteiger partial charge in [0, 0.05) is 19.1 Å². The van der Waals surface area contributed by atoms with E-state index in [1.807, 2.05) is 13.8 Å². The first kappa shape index (κ1) is 16.7. The van der Waals surface area contributed by atoms with Gasteiger partial charge in [0.25, 0.3) is 0 Å². The summed E-state index contributed by atoms with van der Waals surface area (Å²) >= 11 is 0. The van der Waals surface area contributed by atoms with Crippen LogP contribution in [-0.2, 0) is 26.0 Å². The monoisotopic (exact) mass is 323 g/mol. The molecule has 22 heavy (non-hydrogen) atoms. The van der Waals surface area contributed by atoms with Crippen LogP contribution in [0.25, 0.3) is 0 Å². The predicted octanol–water partition coefficient (Wildman–Crippen LogP) is 2.16. The number of carbonyl (C=O) groups excluding carboxylic acids is 2. The van der Waals surface area contributed by atoms with Gasteiger partial charge in [-0.15, -0.1) is 0 Å². The van der Waals surface area contributed by atoms with Crippen molar-refractivity contribution >= 4 is 21.7 Å². The molecule has 1 aliphatic rings. The number of sulfone groups is 1. The van der Waals surface area contributed by atoms with E-state index in [1.54, 1.807) is 12.1 Å². The van der Waals surface area contributed by atoms with Gasteiger partial charge in [0.05, 0.1) is 11.4 Å². The van der Waals surface area contributed by atoms with E-state index < -0.39 is 9.84 Å².